The van der Waals surface area contributed by atoms with E-state index in [1.165, 1.54) is 0 Å². The summed E-state index contributed by atoms with van der Waals surface area (Å²) >= 11 is 0. The largest absolute Gasteiger partial charge is 0.465 e. The van der Waals surface area contributed by atoms with Crippen LogP contribution in [0.3, 0.4) is 0 Å². The zero-order valence-corrected chi connectivity index (χ0v) is 16.6. The first-order valence-electron chi connectivity index (χ1n) is 9.10. The molecular weight excluding hydrogens is 358 g/mol. The van der Waals surface area contributed by atoms with Crippen molar-refractivity contribution in [1.29, 1.82) is 0 Å². The second-order valence-electron chi connectivity index (χ2n) is 6.57. The molecule has 148 valence electrons. The topological polar surface area (TPSA) is 90.7 Å². The summed E-state index contributed by atoms with van der Waals surface area (Å²) in [5.41, 5.74) is 0.752. The quantitative estimate of drug-likeness (QED) is 0.558. The summed E-state index contributed by atoms with van der Waals surface area (Å²) in [6.07, 6.45) is 4.00. The van der Waals surface area contributed by atoms with Gasteiger partial charge in [0.1, 0.15) is 0 Å². The van der Waals surface area contributed by atoms with Crippen molar-refractivity contribution in [2.75, 3.05) is 32.6 Å². The van der Waals surface area contributed by atoms with E-state index < -0.39 is 9.84 Å². The molecule has 1 saturated heterocycles. The third-order valence-electron chi connectivity index (χ3n) is 4.20. The number of esters is 1. The second-order valence-corrected chi connectivity index (χ2v) is 8.58. The van der Waals surface area contributed by atoms with Gasteiger partial charge in [0, 0.05) is 13.2 Å². The number of likely N-dealkylation sites (N-methyl/N-ethyl adjacent to an activating group) is 1. The van der Waals surface area contributed by atoms with Gasteiger partial charge in [-0.3, -0.25) is 9.69 Å². The summed E-state index contributed by atoms with van der Waals surface area (Å²) in [7, 11) is -1.65. The summed E-state index contributed by atoms with van der Waals surface area (Å²) in [6, 6.07) is 0. The van der Waals surface area contributed by atoms with E-state index in [0.717, 1.165) is 18.5 Å². The highest BCUT2D eigenvalue weighted by molar-refractivity contribution is 7.91. The number of rotatable bonds is 10. The second kappa shape index (κ2) is 9.48. The summed E-state index contributed by atoms with van der Waals surface area (Å²) in [4.78, 5) is 17.6. The molecule has 1 aliphatic heterocycles. The summed E-state index contributed by atoms with van der Waals surface area (Å²) < 4.78 is 37.5. The van der Waals surface area contributed by atoms with Crippen molar-refractivity contribution in [1.82, 2.24) is 14.5 Å². The van der Waals surface area contributed by atoms with Gasteiger partial charge in [-0.2, -0.15) is 0 Å². The fourth-order valence-corrected chi connectivity index (χ4v) is 4.53. The molecule has 1 aliphatic rings. The average molecular weight is 388 g/mol. The van der Waals surface area contributed by atoms with E-state index in [-0.39, 0.29) is 29.5 Å². The molecule has 1 aromatic rings. The van der Waals surface area contributed by atoms with Crippen LogP contribution < -0.4 is 0 Å². The minimum atomic E-state index is -3.44. The predicted molar refractivity (Wildman–Crippen MR) is 96.5 cm³/mol. The first-order valence-corrected chi connectivity index (χ1v) is 10.8. The SMILES string of the molecule is CCCS(=O)(=O)c1ncc(CN(C)CC(=O)OCC)n1C[C@@H]1CCCO1. The fraction of sp³-hybridized carbons (Fsp3) is 0.765. The van der Waals surface area contributed by atoms with Crippen LogP contribution >= 0.6 is 0 Å². The van der Waals surface area contributed by atoms with Crippen molar-refractivity contribution in [2.45, 2.75) is 57.5 Å². The van der Waals surface area contributed by atoms with Gasteiger partial charge in [0.05, 0.1) is 43.4 Å². The molecule has 0 aliphatic carbocycles. The van der Waals surface area contributed by atoms with Crippen LogP contribution in [0.2, 0.25) is 0 Å². The first-order chi connectivity index (χ1) is 12.4. The van der Waals surface area contributed by atoms with Gasteiger partial charge in [-0.15, -0.1) is 0 Å². The van der Waals surface area contributed by atoms with Crippen molar-refractivity contribution in [3.05, 3.63) is 11.9 Å². The van der Waals surface area contributed by atoms with Crippen molar-refractivity contribution in [2.24, 2.45) is 0 Å². The molecule has 8 nitrogen and oxygen atoms in total. The van der Waals surface area contributed by atoms with Crippen LogP contribution in [0.1, 0.15) is 38.8 Å². The van der Waals surface area contributed by atoms with Crippen LogP contribution in [0.5, 0.6) is 0 Å². The third kappa shape index (κ3) is 5.52. The molecule has 0 unspecified atom stereocenters. The highest BCUT2D eigenvalue weighted by atomic mass is 32.2. The number of sulfone groups is 1. The normalized spacial score (nSPS) is 17.8. The van der Waals surface area contributed by atoms with Crippen LogP contribution in [0.4, 0.5) is 0 Å². The van der Waals surface area contributed by atoms with Crippen molar-refractivity contribution in [3.8, 4) is 0 Å². The van der Waals surface area contributed by atoms with Gasteiger partial charge in [0.2, 0.25) is 15.0 Å². The van der Waals surface area contributed by atoms with E-state index in [1.807, 2.05) is 6.92 Å². The average Bonchev–Trinajstić information content (AvgIpc) is 3.19. The van der Waals surface area contributed by atoms with Gasteiger partial charge in [-0.1, -0.05) is 6.92 Å². The Hall–Kier alpha value is -1.45. The van der Waals surface area contributed by atoms with Gasteiger partial charge in [-0.05, 0) is 33.2 Å². The van der Waals surface area contributed by atoms with Crippen LogP contribution in [0, 0.1) is 0 Å². The molecule has 0 radical (unpaired) electrons. The Morgan fingerprint density at radius 3 is 2.85 bits per heavy atom. The lowest BCUT2D eigenvalue weighted by molar-refractivity contribution is -0.144. The highest BCUT2D eigenvalue weighted by Gasteiger charge is 2.26. The Morgan fingerprint density at radius 1 is 1.46 bits per heavy atom. The van der Waals surface area contributed by atoms with Gasteiger partial charge in [0.15, 0.2) is 0 Å². The molecular formula is C17H29N3O5S. The number of aromatic nitrogens is 2. The lowest BCUT2D eigenvalue weighted by Gasteiger charge is -2.19. The number of ether oxygens (including phenoxy) is 2. The number of hydrogen-bond acceptors (Lipinski definition) is 7. The molecule has 0 bridgehead atoms. The third-order valence-corrected chi connectivity index (χ3v) is 6.03. The van der Waals surface area contributed by atoms with E-state index in [1.54, 1.807) is 29.6 Å². The summed E-state index contributed by atoms with van der Waals surface area (Å²) in [5, 5.41) is 0.0920. The van der Waals surface area contributed by atoms with Crippen molar-refractivity contribution in [3.63, 3.8) is 0 Å². The number of nitrogens with zero attached hydrogens (tertiary/aromatic N) is 3. The van der Waals surface area contributed by atoms with Gasteiger partial charge < -0.3 is 14.0 Å². The standard InChI is InChI=1S/C17H29N3O5S/c1-4-9-26(22,23)17-18-10-14(11-19(3)13-16(21)24-5-2)20(17)12-15-7-6-8-25-15/h10,15H,4-9,11-13H2,1-3H3/t15-/m0/s1. The molecule has 0 N–H and O–H groups in total. The monoisotopic (exact) mass is 387 g/mol. The predicted octanol–water partition coefficient (Wildman–Crippen LogP) is 1.24. The summed E-state index contributed by atoms with van der Waals surface area (Å²) in [6.45, 7) is 5.63. The Bertz CT molecular complexity index is 695. The smallest absolute Gasteiger partial charge is 0.320 e. The van der Waals surface area contributed by atoms with Crippen LogP contribution in [-0.2, 0) is 37.2 Å². The number of carbonyl (C=O) groups excluding carboxylic acids is 1. The molecule has 0 spiro atoms. The van der Waals surface area contributed by atoms with E-state index in [0.29, 0.717) is 32.7 Å². The molecule has 1 fully saturated rings. The Kier molecular flexibility index (Phi) is 7.60. The molecule has 0 amide bonds. The maximum atomic E-state index is 12.6. The van der Waals surface area contributed by atoms with Crippen LogP contribution in [-0.4, -0.2) is 67.5 Å². The number of carbonyl (C=O) groups is 1. The van der Waals surface area contributed by atoms with Crippen molar-refractivity contribution < 1.29 is 22.7 Å². The van der Waals surface area contributed by atoms with E-state index in [9.17, 15) is 13.2 Å². The van der Waals surface area contributed by atoms with Crippen LogP contribution in [0.15, 0.2) is 11.4 Å². The maximum Gasteiger partial charge on any atom is 0.320 e. The van der Waals surface area contributed by atoms with Crippen molar-refractivity contribution >= 4 is 15.8 Å². The molecule has 0 aromatic carbocycles. The molecule has 2 rings (SSSR count). The van der Waals surface area contributed by atoms with Gasteiger partial charge in [0.25, 0.3) is 0 Å². The number of imidazole rings is 1. The maximum absolute atomic E-state index is 12.6. The van der Waals surface area contributed by atoms with E-state index >= 15 is 0 Å². The molecule has 0 saturated carbocycles. The van der Waals surface area contributed by atoms with E-state index in [4.69, 9.17) is 9.47 Å². The zero-order valence-electron chi connectivity index (χ0n) is 15.8. The number of hydrogen-bond donors (Lipinski definition) is 0. The molecule has 1 aromatic heterocycles. The van der Waals surface area contributed by atoms with Gasteiger partial charge >= 0.3 is 5.97 Å². The molecule has 9 heteroatoms. The Balaban J connectivity index is 2.21. The Labute approximate surface area is 155 Å². The first kappa shape index (κ1) is 20.9. The molecule has 1 atom stereocenters. The highest BCUT2D eigenvalue weighted by Crippen LogP contribution is 2.20. The van der Waals surface area contributed by atoms with E-state index in [2.05, 4.69) is 4.98 Å². The molecule has 2 heterocycles. The molecule has 26 heavy (non-hydrogen) atoms. The zero-order chi connectivity index (χ0) is 19.2. The fourth-order valence-electron chi connectivity index (χ4n) is 3.07. The minimum Gasteiger partial charge on any atom is -0.465 e. The Morgan fingerprint density at radius 2 is 2.23 bits per heavy atom. The van der Waals surface area contributed by atoms with Gasteiger partial charge in [-0.25, -0.2) is 13.4 Å². The van der Waals surface area contributed by atoms with Crippen LogP contribution in [0.25, 0.3) is 0 Å². The lowest BCUT2D eigenvalue weighted by atomic mass is 10.2. The lowest BCUT2D eigenvalue weighted by Crippen LogP contribution is -2.29. The minimum absolute atomic E-state index is 0.00566. The summed E-state index contributed by atoms with van der Waals surface area (Å²) in [5.74, 6) is -0.243.